The number of rotatable bonds is 6. The van der Waals surface area contributed by atoms with E-state index in [-0.39, 0.29) is 18.1 Å². The fourth-order valence-corrected chi connectivity index (χ4v) is 5.24. The zero-order valence-electron chi connectivity index (χ0n) is 18.8. The van der Waals surface area contributed by atoms with Crippen molar-refractivity contribution in [1.29, 1.82) is 5.26 Å². The predicted molar refractivity (Wildman–Crippen MR) is 124 cm³/mol. The summed E-state index contributed by atoms with van der Waals surface area (Å²) in [6.07, 6.45) is 9.97. The van der Waals surface area contributed by atoms with Gasteiger partial charge in [-0.1, -0.05) is 31.5 Å². The number of piperidine rings is 1. The number of hydrogen-bond acceptors (Lipinski definition) is 4. The van der Waals surface area contributed by atoms with Crippen LogP contribution < -0.4 is 4.74 Å². The summed E-state index contributed by atoms with van der Waals surface area (Å²) in [6.45, 7) is 6.30. The molecule has 4 rings (SSSR count). The smallest absolute Gasteiger partial charge is 0.201 e. The first-order valence-electron chi connectivity index (χ1n) is 11.9. The van der Waals surface area contributed by atoms with Crippen LogP contribution in [0.25, 0.3) is 10.8 Å². The van der Waals surface area contributed by atoms with Crippen LogP contribution in [-0.4, -0.2) is 30.4 Å². The van der Waals surface area contributed by atoms with Crippen LogP contribution in [0.1, 0.15) is 76.0 Å². The SMILES string of the molecule is CC[C@H]1CC[C@@H](Oc2ccc3ccc(C(C)N4CCC([C]=O)CC4)cc3c2C#N)CC1. The van der Waals surface area contributed by atoms with Gasteiger partial charge in [0.1, 0.15) is 17.4 Å². The van der Waals surface area contributed by atoms with Gasteiger partial charge in [-0.05, 0) is 87.5 Å². The molecule has 0 spiro atoms. The van der Waals surface area contributed by atoms with Crippen LogP contribution in [0.5, 0.6) is 5.75 Å². The summed E-state index contributed by atoms with van der Waals surface area (Å²) in [6, 6.07) is 13.2. The van der Waals surface area contributed by atoms with Crippen molar-refractivity contribution in [2.45, 2.75) is 70.9 Å². The Kier molecular flexibility index (Phi) is 6.92. The molecule has 4 nitrogen and oxygen atoms in total. The van der Waals surface area contributed by atoms with Crippen molar-refractivity contribution in [3.63, 3.8) is 0 Å². The quantitative estimate of drug-likeness (QED) is 0.583. The Bertz CT molecular complexity index is 948. The number of ether oxygens (including phenoxy) is 1. The topological polar surface area (TPSA) is 53.3 Å². The molecular formula is C27H33N2O2. The fourth-order valence-electron chi connectivity index (χ4n) is 5.24. The van der Waals surface area contributed by atoms with Crippen molar-refractivity contribution in [3.05, 3.63) is 41.5 Å². The van der Waals surface area contributed by atoms with Gasteiger partial charge >= 0.3 is 0 Å². The number of carbonyl (C=O) groups excluding carboxylic acids is 1. The van der Waals surface area contributed by atoms with Crippen molar-refractivity contribution in [1.82, 2.24) is 4.90 Å². The Labute approximate surface area is 186 Å². The lowest BCUT2D eigenvalue weighted by atomic mass is 9.86. The second-order valence-corrected chi connectivity index (χ2v) is 9.30. The molecule has 1 heterocycles. The number of fused-ring (bicyclic) bond motifs is 1. The first kappa shape index (κ1) is 21.8. The first-order chi connectivity index (χ1) is 15.1. The molecule has 0 aromatic heterocycles. The van der Waals surface area contributed by atoms with Gasteiger partial charge in [0.25, 0.3) is 0 Å². The maximum Gasteiger partial charge on any atom is 0.201 e. The summed E-state index contributed by atoms with van der Waals surface area (Å²) in [5.74, 6) is 1.63. The largest absolute Gasteiger partial charge is 0.489 e. The average Bonchev–Trinajstić information content (AvgIpc) is 2.83. The fraction of sp³-hybridized carbons (Fsp3) is 0.556. The molecule has 1 radical (unpaired) electrons. The predicted octanol–water partition coefficient (Wildman–Crippen LogP) is 5.94. The van der Waals surface area contributed by atoms with Gasteiger partial charge in [0, 0.05) is 17.3 Å². The first-order valence-corrected chi connectivity index (χ1v) is 11.9. The third-order valence-electron chi connectivity index (χ3n) is 7.51. The third-order valence-corrected chi connectivity index (χ3v) is 7.51. The maximum atomic E-state index is 10.9. The Balaban J connectivity index is 1.55. The highest BCUT2D eigenvalue weighted by molar-refractivity contribution is 5.90. The van der Waals surface area contributed by atoms with Gasteiger partial charge in [-0.2, -0.15) is 5.26 Å². The summed E-state index contributed by atoms with van der Waals surface area (Å²) in [5, 5.41) is 12.0. The van der Waals surface area contributed by atoms with Gasteiger partial charge in [-0.15, -0.1) is 0 Å². The van der Waals surface area contributed by atoms with Crippen LogP contribution in [0.2, 0.25) is 0 Å². The lowest BCUT2D eigenvalue weighted by Crippen LogP contribution is -2.36. The molecule has 0 bridgehead atoms. The van der Waals surface area contributed by atoms with Crippen LogP contribution in [0.3, 0.4) is 0 Å². The van der Waals surface area contributed by atoms with E-state index < -0.39 is 0 Å². The Morgan fingerprint density at radius 1 is 1.10 bits per heavy atom. The van der Waals surface area contributed by atoms with E-state index in [9.17, 15) is 10.1 Å². The normalized spacial score (nSPS) is 23.9. The average molecular weight is 418 g/mol. The molecule has 0 N–H and O–H groups in total. The summed E-state index contributed by atoms with van der Waals surface area (Å²) in [5.41, 5.74) is 1.86. The highest BCUT2D eigenvalue weighted by atomic mass is 16.5. The number of hydrogen-bond donors (Lipinski definition) is 0. The molecule has 2 aromatic carbocycles. The van der Waals surface area contributed by atoms with Crippen LogP contribution >= 0.6 is 0 Å². The summed E-state index contributed by atoms with van der Waals surface area (Å²) < 4.78 is 6.35. The zero-order chi connectivity index (χ0) is 21.8. The molecule has 1 atom stereocenters. The minimum absolute atomic E-state index is 0.0809. The number of likely N-dealkylation sites (tertiary alicyclic amines) is 1. The third kappa shape index (κ3) is 4.77. The van der Waals surface area contributed by atoms with Crippen LogP contribution in [0.15, 0.2) is 30.3 Å². The van der Waals surface area contributed by atoms with E-state index in [0.29, 0.717) is 5.56 Å². The summed E-state index contributed by atoms with van der Waals surface area (Å²) in [4.78, 5) is 13.4. The molecule has 2 aromatic rings. The second kappa shape index (κ2) is 9.83. The standard InChI is InChI=1S/C27H33N2O2/c1-3-20-4-9-24(10-5-20)31-27-11-8-22-6-7-23(16-25(22)26(27)17-28)19(2)29-14-12-21(18-30)13-15-29/h6-8,11,16,19-21,24H,3-5,9-10,12-15H2,1-2H3/t19?,20-,24+. The molecule has 2 aliphatic rings. The molecule has 1 saturated heterocycles. The molecule has 4 heteroatoms. The molecule has 1 unspecified atom stereocenters. The molecule has 1 saturated carbocycles. The van der Waals surface area contributed by atoms with E-state index in [1.807, 2.05) is 6.07 Å². The van der Waals surface area contributed by atoms with E-state index in [4.69, 9.17) is 4.74 Å². The lowest BCUT2D eigenvalue weighted by Gasteiger charge is -2.34. The van der Waals surface area contributed by atoms with Crippen molar-refractivity contribution in [2.75, 3.05) is 13.1 Å². The minimum Gasteiger partial charge on any atom is -0.489 e. The monoisotopic (exact) mass is 417 g/mol. The van der Waals surface area contributed by atoms with Crippen LogP contribution in [0, 0.1) is 23.2 Å². The van der Waals surface area contributed by atoms with Crippen molar-refractivity contribution >= 4 is 17.1 Å². The van der Waals surface area contributed by atoms with Crippen LogP contribution in [-0.2, 0) is 4.79 Å². The molecule has 2 fully saturated rings. The lowest BCUT2D eigenvalue weighted by molar-refractivity contribution is 0.130. The maximum absolute atomic E-state index is 10.9. The number of benzene rings is 2. The van der Waals surface area contributed by atoms with E-state index in [0.717, 1.165) is 61.2 Å². The van der Waals surface area contributed by atoms with E-state index in [1.165, 1.54) is 24.8 Å². The Morgan fingerprint density at radius 3 is 2.45 bits per heavy atom. The van der Waals surface area contributed by atoms with E-state index in [2.05, 4.69) is 55.4 Å². The minimum atomic E-state index is 0.0809. The molecule has 1 aliphatic heterocycles. The number of nitriles is 1. The second-order valence-electron chi connectivity index (χ2n) is 9.30. The summed E-state index contributed by atoms with van der Waals surface area (Å²) in [7, 11) is 0. The van der Waals surface area contributed by atoms with Crippen molar-refractivity contribution in [2.24, 2.45) is 11.8 Å². The van der Waals surface area contributed by atoms with Crippen molar-refractivity contribution in [3.8, 4) is 11.8 Å². The highest BCUT2D eigenvalue weighted by Gasteiger charge is 2.25. The molecule has 31 heavy (non-hydrogen) atoms. The number of nitrogens with zero attached hydrogens (tertiary/aromatic N) is 2. The van der Waals surface area contributed by atoms with Gasteiger partial charge in [0.15, 0.2) is 0 Å². The highest BCUT2D eigenvalue weighted by Crippen LogP contribution is 2.35. The Hall–Kier alpha value is -2.38. The Morgan fingerprint density at radius 2 is 1.81 bits per heavy atom. The van der Waals surface area contributed by atoms with Gasteiger partial charge in [0.2, 0.25) is 6.29 Å². The molecular weight excluding hydrogens is 384 g/mol. The van der Waals surface area contributed by atoms with Gasteiger partial charge in [-0.3, -0.25) is 9.69 Å². The van der Waals surface area contributed by atoms with Gasteiger partial charge in [0.05, 0.1) is 6.10 Å². The van der Waals surface area contributed by atoms with Crippen molar-refractivity contribution < 1.29 is 9.53 Å². The molecule has 0 amide bonds. The zero-order valence-corrected chi connectivity index (χ0v) is 18.8. The molecule has 1 aliphatic carbocycles. The molecule has 163 valence electrons. The van der Waals surface area contributed by atoms with Gasteiger partial charge < -0.3 is 4.74 Å². The van der Waals surface area contributed by atoms with E-state index in [1.54, 1.807) is 0 Å². The van der Waals surface area contributed by atoms with E-state index >= 15 is 0 Å². The summed E-state index contributed by atoms with van der Waals surface area (Å²) >= 11 is 0. The van der Waals surface area contributed by atoms with Crippen LogP contribution in [0.4, 0.5) is 0 Å². The van der Waals surface area contributed by atoms with Gasteiger partial charge in [-0.25, -0.2) is 0 Å².